The highest BCUT2D eigenvalue weighted by Gasteiger charge is 2.16. The third kappa shape index (κ3) is 7.39. The molecule has 0 aromatic heterocycles. The number of aliphatic imine (C=N–C) groups is 1. The lowest BCUT2D eigenvalue weighted by molar-refractivity contribution is 0.0268. The van der Waals surface area contributed by atoms with Crippen molar-refractivity contribution in [2.75, 3.05) is 33.0 Å². The van der Waals surface area contributed by atoms with E-state index < -0.39 is 0 Å². The molecule has 0 unspecified atom stereocenters. The van der Waals surface area contributed by atoms with E-state index in [0.717, 1.165) is 18.3 Å². The average molecular weight is 309 g/mol. The third-order valence-corrected chi connectivity index (χ3v) is 4.16. The van der Waals surface area contributed by atoms with Crippen LogP contribution in [0.2, 0.25) is 0 Å². The van der Waals surface area contributed by atoms with Crippen LogP contribution in [0.1, 0.15) is 19.4 Å². The third-order valence-electron chi connectivity index (χ3n) is 3.14. The number of benzene rings is 1. The molecule has 21 heavy (non-hydrogen) atoms. The second-order valence-corrected chi connectivity index (χ2v) is 6.65. The van der Waals surface area contributed by atoms with E-state index in [1.54, 1.807) is 14.2 Å². The Balaban J connectivity index is 2.25. The maximum absolute atomic E-state index is 5.38. The molecule has 0 aliphatic heterocycles. The van der Waals surface area contributed by atoms with Crippen molar-refractivity contribution in [1.29, 1.82) is 0 Å². The summed E-state index contributed by atoms with van der Waals surface area (Å²) in [6, 6.07) is 8.61. The first-order valence-electron chi connectivity index (χ1n) is 7.16. The summed E-state index contributed by atoms with van der Waals surface area (Å²) in [6.45, 7) is 7.77. The molecule has 4 nitrogen and oxygen atoms in total. The lowest BCUT2D eigenvalue weighted by Gasteiger charge is -2.24. The lowest BCUT2D eigenvalue weighted by atomic mass is 10.1. The van der Waals surface area contributed by atoms with Gasteiger partial charge in [0.05, 0.1) is 5.60 Å². The van der Waals surface area contributed by atoms with Crippen LogP contribution in [-0.4, -0.2) is 44.6 Å². The van der Waals surface area contributed by atoms with E-state index in [1.165, 1.54) is 10.5 Å². The fourth-order valence-corrected chi connectivity index (χ4v) is 2.33. The lowest BCUT2D eigenvalue weighted by Crippen LogP contribution is -2.45. The van der Waals surface area contributed by atoms with Crippen LogP contribution in [0.25, 0.3) is 0 Å². The Morgan fingerprint density at radius 3 is 2.48 bits per heavy atom. The predicted molar refractivity (Wildman–Crippen MR) is 92.4 cm³/mol. The number of guanidine groups is 1. The first kappa shape index (κ1) is 17.9. The van der Waals surface area contributed by atoms with Gasteiger partial charge in [-0.2, -0.15) is 0 Å². The molecule has 5 heteroatoms. The SMILES string of the molecule is CN=C(NCCSc1ccc(C)cc1)NCC(C)(C)OC. The van der Waals surface area contributed by atoms with Gasteiger partial charge >= 0.3 is 0 Å². The number of methoxy groups -OCH3 is 1. The van der Waals surface area contributed by atoms with Gasteiger partial charge in [0.25, 0.3) is 0 Å². The van der Waals surface area contributed by atoms with E-state index in [4.69, 9.17) is 4.74 Å². The van der Waals surface area contributed by atoms with Gasteiger partial charge in [0.1, 0.15) is 0 Å². The van der Waals surface area contributed by atoms with Gasteiger partial charge in [0.2, 0.25) is 0 Å². The van der Waals surface area contributed by atoms with Crippen LogP contribution >= 0.6 is 11.8 Å². The van der Waals surface area contributed by atoms with Gasteiger partial charge < -0.3 is 15.4 Å². The van der Waals surface area contributed by atoms with Gasteiger partial charge in [0.15, 0.2) is 5.96 Å². The largest absolute Gasteiger partial charge is 0.377 e. The van der Waals surface area contributed by atoms with Crippen LogP contribution in [-0.2, 0) is 4.74 Å². The molecule has 0 aliphatic rings. The van der Waals surface area contributed by atoms with Gasteiger partial charge in [0, 0.05) is 37.9 Å². The Labute approximate surface area is 132 Å². The highest BCUT2D eigenvalue weighted by Crippen LogP contribution is 2.17. The summed E-state index contributed by atoms with van der Waals surface area (Å²) in [5.74, 6) is 1.81. The fourth-order valence-electron chi connectivity index (χ4n) is 1.56. The summed E-state index contributed by atoms with van der Waals surface area (Å²) in [7, 11) is 3.50. The number of hydrogen-bond donors (Lipinski definition) is 2. The van der Waals surface area contributed by atoms with E-state index in [-0.39, 0.29) is 5.60 Å². The van der Waals surface area contributed by atoms with Gasteiger partial charge in [-0.05, 0) is 32.9 Å². The first-order valence-corrected chi connectivity index (χ1v) is 8.14. The minimum Gasteiger partial charge on any atom is -0.377 e. The topological polar surface area (TPSA) is 45.7 Å². The Hall–Kier alpha value is -1.20. The highest BCUT2D eigenvalue weighted by atomic mass is 32.2. The molecule has 0 fully saturated rings. The summed E-state index contributed by atoms with van der Waals surface area (Å²) >= 11 is 1.84. The summed E-state index contributed by atoms with van der Waals surface area (Å²) in [6.07, 6.45) is 0. The van der Waals surface area contributed by atoms with Gasteiger partial charge in [-0.1, -0.05) is 17.7 Å². The molecule has 1 rings (SSSR count). The summed E-state index contributed by atoms with van der Waals surface area (Å²) in [5.41, 5.74) is 1.09. The number of thioether (sulfide) groups is 1. The molecular weight excluding hydrogens is 282 g/mol. The zero-order chi connectivity index (χ0) is 15.7. The fraction of sp³-hybridized carbons (Fsp3) is 0.562. The van der Waals surface area contributed by atoms with Crippen LogP contribution in [0.3, 0.4) is 0 Å². The maximum Gasteiger partial charge on any atom is 0.191 e. The minimum absolute atomic E-state index is 0.200. The molecule has 0 atom stereocenters. The van der Waals surface area contributed by atoms with Crippen molar-refractivity contribution < 1.29 is 4.74 Å². The number of nitrogens with zero attached hydrogens (tertiary/aromatic N) is 1. The maximum atomic E-state index is 5.38. The summed E-state index contributed by atoms with van der Waals surface area (Å²) < 4.78 is 5.38. The zero-order valence-corrected chi connectivity index (χ0v) is 14.5. The molecule has 0 amide bonds. The molecule has 0 spiro atoms. The van der Waals surface area contributed by atoms with E-state index in [1.807, 2.05) is 25.6 Å². The Morgan fingerprint density at radius 1 is 1.24 bits per heavy atom. The predicted octanol–water partition coefficient (Wildman–Crippen LogP) is 2.68. The monoisotopic (exact) mass is 309 g/mol. The molecule has 1 aromatic carbocycles. The van der Waals surface area contributed by atoms with Crippen molar-refractivity contribution in [3.05, 3.63) is 29.8 Å². The van der Waals surface area contributed by atoms with E-state index in [2.05, 4.69) is 46.8 Å². The van der Waals surface area contributed by atoms with Crippen LogP contribution in [0, 0.1) is 6.92 Å². The van der Waals surface area contributed by atoms with Crippen LogP contribution < -0.4 is 10.6 Å². The molecule has 0 bridgehead atoms. The van der Waals surface area contributed by atoms with Crippen molar-refractivity contribution >= 4 is 17.7 Å². The molecule has 1 aromatic rings. The smallest absolute Gasteiger partial charge is 0.191 e. The van der Waals surface area contributed by atoms with Crippen LogP contribution in [0.15, 0.2) is 34.2 Å². The van der Waals surface area contributed by atoms with Gasteiger partial charge in [-0.25, -0.2) is 0 Å². The Kier molecular flexibility index (Phi) is 7.61. The van der Waals surface area contributed by atoms with Crippen molar-refractivity contribution in [3.63, 3.8) is 0 Å². The Bertz CT molecular complexity index is 443. The van der Waals surface area contributed by atoms with E-state index in [0.29, 0.717) is 6.54 Å². The van der Waals surface area contributed by atoms with E-state index >= 15 is 0 Å². The Morgan fingerprint density at radius 2 is 1.90 bits per heavy atom. The summed E-state index contributed by atoms with van der Waals surface area (Å²) in [5, 5.41) is 6.58. The van der Waals surface area contributed by atoms with Crippen LogP contribution in [0.5, 0.6) is 0 Å². The number of rotatable bonds is 7. The molecule has 0 radical (unpaired) electrons. The normalized spacial score (nSPS) is 12.3. The standard InChI is InChI=1S/C16H27N3OS/c1-13-6-8-14(9-7-13)21-11-10-18-15(17-4)19-12-16(2,3)20-5/h6-9H,10-12H2,1-5H3,(H2,17,18,19). The van der Waals surface area contributed by atoms with Crippen molar-refractivity contribution in [1.82, 2.24) is 10.6 Å². The van der Waals surface area contributed by atoms with Crippen LogP contribution in [0.4, 0.5) is 0 Å². The summed E-state index contributed by atoms with van der Waals surface area (Å²) in [4.78, 5) is 5.51. The number of nitrogens with one attached hydrogen (secondary N) is 2. The van der Waals surface area contributed by atoms with Gasteiger partial charge in [-0.3, -0.25) is 4.99 Å². The van der Waals surface area contributed by atoms with E-state index in [9.17, 15) is 0 Å². The highest BCUT2D eigenvalue weighted by molar-refractivity contribution is 7.99. The van der Waals surface area contributed by atoms with Crippen molar-refractivity contribution in [2.45, 2.75) is 31.3 Å². The van der Waals surface area contributed by atoms with Gasteiger partial charge in [-0.15, -0.1) is 11.8 Å². The first-order chi connectivity index (χ1) is 9.96. The number of ether oxygens (including phenoxy) is 1. The number of hydrogen-bond acceptors (Lipinski definition) is 3. The van der Waals surface area contributed by atoms with Crippen molar-refractivity contribution in [2.24, 2.45) is 4.99 Å². The molecule has 0 heterocycles. The number of aryl methyl sites for hydroxylation is 1. The average Bonchev–Trinajstić information content (AvgIpc) is 2.48. The zero-order valence-electron chi connectivity index (χ0n) is 13.7. The minimum atomic E-state index is -0.200. The molecule has 118 valence electrons. The second-order valence-electron chi connectivity index (χ2n) is 5.48. The molecular formula is C16H27N3OS. The quantitative estimate of drug-likeness (QED) is 0.352. The molecule has 0 aliphatic carbocycles. The van der Waals surface area contributed by atoms with Crippen molar-refractivity contribution in [3.8, 4) is 0 Å². The second kappa shape index (κ2) is 8.95. The molecule has 2 N–H and O–H groups in total. The molecule has 0 saturated heterocycles. The molecule has 0 saturated carbocycles.